The van der Waals surface area contributed by atoms with Crippen molar-refractivity contribution in [3.05, 3.63) is 33.6 Å². The predicted molar refractivity (Wildman–Crippen MR) is 101 cm³/mol. The third kappa shape index (κ3) is 5.20. The molecule has 1 heterocycles. The van der Waals surface area contributed by atoms with Gasteiger partial charge in [-0.25, -0.2) is 4.98 Å². The topological polar surface area (TPSA) is 87.2 Å². The summed E-state index contributed by atoms with van der Waals surface area (Å²) >= 11 is 7.18. The van der Waals surface area contributed by atoms with Crippen molar-refractivity contribution in [2.45, 2.75) is 50.2 Å². The molecule has 0 aliphatic carbocycles. The Bertz CT molecular complexity index is 823. The first-order valence-electron chi connectivity index (χ1n) is 8.07. The number of fused-ring (bicyclic) bond motifs is 1. The lowest BCUT2D eigenvalue weighted by Gasteiger charge is -2.15. The Morgan fingerprint density at radius 1 is 1.40 bits per heavy atom. The third-order valence-corrected chi connectivity index (χ3v) is 4.89. The minimum atomic E-state index is -0.498. The molecule has 136 valence electrons. The summed E-state index contributed by atoms with van der Waals surface area (Å²) in [4.78, 5) is 28.8. The molecule has 1 aromatic heterocycles. The molecule has 1 atom stereocenters. The molecule has 0 bridgehead atoms. The summed E-state index contributed by atoms with van der Waals surface area (Å²) in [5, 5.41) is 0.948. The largest absolute Gasteiger partial charge is 0.379 e. The molecule has 0 saturated heterocycles. The van der Waals surface area contributed by atoms with Crippen LogP contribution in [0.4, 0.5) is 0 Å². The van der Waals surface area contributed by atoms with E-state index < -0.39 is 11.2 Å². The predicted octanol–water partition coefficient (Wildman–Crippen LogP) is 2.83. The summed E-state index contributed by atoms with van der Waals surface area (Å²) in [6, 6.07) is 4.97. The molecular formula is C17H22ClN3O3S. The number of hydrogen-bond acceptors (Lipinski definition) is 5. The van der Waals surface area contributed by atoms with E-state index in [1.54, 1.807) is 29.7 Å². The van der Waals surface area contributed by atoms with E-state index >= 15 is 0 Å². The fourth-order valence-corrected chi connectivity index (χ4v) is 3.27. The zero-order chi connectivity index (χ0) is 18.6. The summed E-state index contributed by atoms with van der Waals surface area (Å²) in [6.45, 7) is 6.60. The van der Waals surface area contributed by atoms with Gasteiger partial charge in [0.15, 0.2) is 5.16 Å². The quantitative estimate of drug-likeness (QED) is 0.430. The maximum absolute atomic E-state index is 12.8. The molecule has 0 fully saturated rings. The molecule has 1 amide bonds. The van der Waals surface area contributed by atoms with Crippen molar-refractivity contribution in [1.82, 2.24) is 9.55 Å². The zero-order valence-corrected chi connectivity index (χ0v) is 16.1. The van der Waals surface area contributed by atoms with E-state index in [-0.39, 0.29) is 11.7 Å². The molecule has 0 aliphatic heterocycles. The van der Waals surface area contributed by atoms with Gasteiger partial charge in [0, 0.05) is 18.2 Å². The fraction of sp³-hybridized carbons (Fsp3) is 0.471. The van der Waals surface area contributed by atoms with Gasteiger partial charge in [0.25, 0.3) is 5.56 Å². The Kier molecular flexibility index (Phi) is 6.87. The van der Waals surface area contributed by atoms with Crippen LogP contribution in [0.3, 0.4) is 0 Å². The number of carbonyl (C=O) groups excluding carboxylic acids is 1. The van der Waals surface area contributed by atoms with Crippen LogP contribution in [0.15, 0.2) is 28.2 Å². The van der Waals surface area contributed by atoms with E-state index in [0.29, 0.717) is 40.7 Å². The highest BCUT2D eigenvalue weighted by Gasteiger charge is 2.17. The third-order valence-electron chi connectivity index (χ3n) is 3.54. The number of aromatic nitrogens is 2. The Labute approximate surface area is 155 Å². The van der Waals surface area contributed by atoms with Crippen LogP contribution in [-0.4, -0.2) is 33.4 Å². The van der Waals surface area contributed by atoms with Gasteiger partial charge in [0.05, 0.1) is 22.3 Å². The first kappa shape index (κ1) is 19.8. The van der Waals surface area contributed by atoms with Gasteiger partial charge in [-0.3, -0.25) is 14.2 Å². The van der Waals surface area contributed by atoms with Crippen molar-refractivity contribution >= 4 is 40.2 Å². The number of hydrogen-bond donors (Lipinski definition) is 1. The highest BCUT2D eigenvalue weighted by molar-refractivity contribution is 8.00. The molecule has 2 aromatic rings. The van der Waals surface area contributed by atoms with Crippen molar-refractivity contribution in [2.24, 2.45) is 5.73 Å². The number of nitrogens with zero attached hydrogens (tertiary/aromatic N) is 2. The highest BCUT2D eigenvalue weighted by atomic mass is 35.5. The number of rotatable bonds is 8. The van der Waals surface area contributed by atoms with Gasteiger partial charge in [-0.15, -0.1) is 0 Å². The molecule has 0 saturated carbocycles. The highest BCUT2D eigenvalue weighted by Crippen LogP contribution is 2.23. The van der Waals surface area contributed by atoms with Crippen LogP contribution in [0.1, 0.15) is 27.2 Å². The molecule has 2 rings (SSSR count). The Morgan fingerprint density at radius 2 is 2.12 bits per heavy atom. The Balaban J connectivity index is 2.40. The van der Waals surface area contributed by atoms with Gasteiger partial charge in [0.1, 0.15) is 0 Å². The van der Waals surface area contributed by atoms with Crippen LogP contribution in [0.5, 0.6) is 0 Å². The maximum Gasteiger partial charge on any atom is 0.262 e. The van der Waals surface area contributed by atoms with Crippen LogP contribution in [0.2, 0.25) is 5.02 Å². The number of nitrogens with two attached hydrogens (primary N) is 1. The van der Waals surface area contributed by atoms with Crippen LogP contribution in [0.25, 0.3) is 10.9 Å². The summed E-state index contributed by atoms with van der Waals surface area (Å²) in [6.07, 6.45) is 0.800. The number of carbonyl (C=O) groups is 1. The lowest BCUT2D eigenvalue weighted by Crippen LogP contribution is -2.27. The van der Waals surface area contributed by atoms with Crippen molar-refractivity contribution in [1.29, 1.82) is 0 Å². The second kappa shape index (κ2) is 8.69. The minimum absolute atomic E-state index is 0.136. The normalized spacial score (nSPS) is 12.7. The lowest BCUT2D eigenvalue weighted by molar-refractivity contribution is -0.117. The Hall–Kier alpha value is -1.57. The summed E-state index contributed by atoms with van der Waals surface area (Å²) in [5.74, 6) is -0.458. The Morgan fingerprint density at radius 3 is 2.76 bits per heavy atom. The number of primary amides is 1. The minimum Gasteiger partial charge on any atom is -0.379 e. The smallest absolute Gasteiger partial charge is 0.262 e. The number of benzene rings is 1. The average molecular weight is 384 g/mol. The molecule has 0 aliphatic rings. The summed E-state index contributed by atoms with van der Waals surface area (Å²) in [5.41, 5.74) is 5.69. The summed E-state index contributed by atoms with van der Waals surface area (Å²) in [7, 11) is 0. The van der Waals surface area contributed by atoms with Crippen molar-refractivity contribution < 1.29 is 9.53 Å². The summed E-state index contributed by atoms with van der Waals surface area (Å²) < 4.78 is 7.11. The van der Waals surface area contributed by atoms with Crippen molar-refractivity contribution in [2.75, 3.05) is 6.61 Å². The molecule has 6 nitrogen and oxygen atoms in total. The number of thioether (sulfide) groups is 1. The molecule has 25 heavy (non-hydrogen) atoms. The second-order valence-electron chi connectivity index (χ2n) is 5.95. The van der Waals surface area contributed by atoms with E-state index in [9.17, 15) is 9.59 Å². The molecule has 1 aromatic carbocycles. The van der Waals surface area contributed by atoms with Gasteiger partial charge >= 0.3 is 0 Å². The van der Waals surface area contributed by atoms with E-state index in [4.69, 9.17) is 22.1 Å². The van der Waals surface area contributed by atoms with E-state index in [1.807, 2.05) is 13.8 Å². The average Bonchev–Trinajstić information content (AvgIpc) is 2.53. The van der Waals surface area contributed by atoms with Crippen LogP contribution in [0, 0.1) is 0 Å². The van der Waals surface area contributed by atoms with Gasteiger partial charge in [-0.05, 0) is 45.4 Å². The van der Waals surface area contributed by atoms with Gasteiger partial charge in [-0.2, -0.15) is 0 Å². The standard InChI is InChI=1S/C17H22ClN3O3S/c1-10(2)24-8-4-7-21-16(23)13-6-5-12(18)9-14(13)20-17(21)25-11(3)15(19)22/h5-6,9-11H,4,7-8H2,1-3H3,(H2,19,22)/t11-/m1/s1. The maximum atomic E-state index is 12.8. The van der Waals surface area contributed by atoms with Gasteiger partial charge in [0.2, 0.25) is 5.91 Å². The SMILES string of the molecule is CC(C)OCCCn1c(S[C@H](C)C(N)=O)nc2cc(Cl)ccc2c1=O. The molecule has 2 N–H and O–H groups in total. The van der Waals surface area contributed by atoms with Crippen molar-refractivity contribution in [3.8, 4) is 0 Å². The van der Waals surface area contributed by atoms with Gasteiger partial charge in [-0.1, -0.05) is 23.4 Å². The van der Waals surface area contributed by atoms with Crippen molar-refractivity contribution in [3.63, 3.8) is 0 Å². The number of halogens is 1. The van der Waals surface area contributed by atoms with Crippen LogP contribution < -0.4 is 11.3 Å². The fourth-order valence-electron chi connectivity index (χ4n) is 2.22. The number of ether oxygens (including phenoxy) is 1. The first-order valence-corrected chi connectivity index (χ1v) is 9.33. The zero-order valence-electron chi connectivity index (χ0n) is 14.5. The molecule has 8 heteroatoms. The van der Waals surface area contributed by atoms with E-state index in [1.165, 1.54) is 11.8 Å². The molecule has 0 unspecified atom stereocenters. The lowest BCUT2D eigenvalue weighted by atomic mass is 10.2. The van der Waals surface area contributed by atoms with E-state index in [0.717, 1.165) is 0 Å². The molecule has 0 spiro atoms. The number of amides is 1. The molecular weight excluding hydrogens is 362 g/mol. The van der Waals surface area contributed by atoms with E-state index in [2.05, 4.69) is 4.98 Å². The monoisotopic (exact) mass is 383 g/mol. The van der Waals surface area contributed by atoms with Crippen LogP contribution in [-0.2, 0) is 16.1 Å². The molecule has 0 radical (unpaired) electrons. The first-order chi connectivity index (χ1) is 11.8. The second-order valence-corrected chi connectivity index (χ2v) is 7.69. The van der Waals surface area contributed by atoms with Crippen LogP contribution >= 0.6 is 23.4 Å². The van der Waals surface area contributed by atoms with Gasteiger partial charge < -0.3 is 10.5 Å².